The van der Waals surface area contributed by atoms with E-state index >= 15 is 0 Å². The summed E-state index contributed by atoms with van der Waals surface area (Å²) in [5.41, 5.74) is 1.42. The lowest BCUT2D eigenvalue weighted by Gasteiger charge is -2.30. The van der Waals surface area contributed by atoms with Gasteiger partial charge in [-0.2, -0.15) is 4.98 Å². The summed E-state index contributed by atoms with van der Waals surface area (Å²) in [6, 6.07) is 13.9. The number of hydrogen-bond acceptors (Lipinski definition) is 5. The zero-order chi connectivity index (χ0) is 20.2. The van der Waals surface area contributed by atoms with E-state index in [-0.39, 0.29) is 16.8 Å². The molecule has 1 fully saturated rings. The van der Waals surface area contributed by atoms with Crippen molar-refractivity contribution >= 4 is 23.2 Å². The summed E-state index contributed by atoms with van der Waals surface area (Å²) in [7, 11) is 0. The van der Waals surface area contributed by atoms with Gasteiger partial charge in [0, 0.05) is 17.2 Å². The molecule has 0 bridgehead atoms. The fraction of sp³-hybridized carbons (Fsp3) is 0.286. The SMILES string of the molecule is O=C(Nc1ccc(F)c(Cl)c1)C1CCN(Cc2nc(-c3ccccc3)no2)CC1. The Balaban J connectivity index is 1.29. The molecule has 1 aliphatic rings. The Hall–Kier alpha value is -2.77. The molecule has 6 nitrogen and oxygen atoms in total. The van der Waals surface area contributed by atoms with Gasteiger partial charge in [0.2, 0.25) is 17.6 Å². The van der Waals surface area contributed by atoms with Crippen molar-refractivity contribution in [1.29, 1.82) is 0 Å². The maximum Gasteiger partial charge on any atom is 0.241 e. The number of rotatable bonds is 5. The van der Waals surface area contributed by atoms with E-state index in [1.165, 1.54) is 18.2 Å². The Bertz CT molecular complexity index is 987. The molecule has 29 heavy (non-hydrogen) atoms. The van der Waals surface area contributed by atoms with Crippen LogP contribution in [-0.2, 0) is 11.3 Å². The highest BCUT2D eigenvalue weighted by atomic mass is 35.5. The molecule has 2 heterocycles. The van der Waals surface area contributed by atoms with E-state index in [4.69, 9.17) is 16.1 Å². The second-order valence-corrected chi connectivity index (χ2v) is 7.45. The molecule has 1 saturated heterocycles. The van der Waals surface area contributed by atoms with Crippen molar-refractivity contribution < 1.29 is 13.7 Å². The molecule has 0 spiro atoms. The number of aromatic nitrogens is 2. The Labute approximate surface area is 172 Å². The van der Waals surface area contributed by atoms with Crippen LogP contribution in [0.4, 0.5) is 10.1 Å². The number of carbonyl (C=O) groups is 1. The summed E-state index contributed by atoms with van der Waals surface area (Å²) in [5, 5.41) is 6.85. The first-order valence-corrected chi connectivity index (χ1v) is 9.82. The molecule has 8 heteroatoms. The minimum Gasteiger partial charge on any atom is -0.338 e. The normalized spacial score (nSPS) is 15.4. The summed E-state index contributed by atoms with van der Waals surface area (Å²) in [6.07, 6.45) is 1.45. The molecule has 0 aliphatic carbocycles. The van der Waals surface area contributed by atoms with Crippen LogP contribution in [0.3, 0.4) is 0 Å². The second kappa shape index (κ2) is 8.71. The topological polar surface area (TPSA) is 71.3 Å². The molecule has 2 aromatic carbocycles. The van der Waals surface area contributed by atoms with Gasteiger partial charge in [-0.1, -0.05) is 47.1 Å². The molecular formula is C21H20ClFN4O2. The van der Waals surface area contributed by atoms with Crippen LogP contribution in [0, 0.1) is 11.7 Å². The quantitative estimate of drug-likeness (QED) is 0.670. The van der Waals surface area contributed by atoms with Gasteiger partial charge in [-0.15, -0.1) is 0 Å². The number of benzene rings is 2. The van der Waals surface area contributed by atoms with E-state index in [1.54, 1.807) is 0 Å². The molecule has 0 saturated carbocycles. The zero-order valence-corrected chi connectivity index (χ0v) is 16.4. The van der Waals surface area contributed by atoms with Crippen molar-refractivity contribution in [2.45, 2.75) is 19.4 Å². The van der Waals surface area contributed by atoms with Crippen molar-refractivity contribution in [3.63, 3.8) is 0 Å². The van der Waals surface area contributed by atoms with Crippen molar-refractivity contribution in [2.75, 3.05) is 18.4 Å². The zero-order valence-electron chi connectivity index (χ0n) is 15.6. The predicted octanol–water partition coefficient (Wildman–Crippen LogP) is 4.38. The fourth-order valence-electron chi connectivity index (χ4n) is 3.39. The van der Waals surface area contributed by atoms with E-state index in [0.717, 1.165) is 31.5 Å². The van der Waals surface area contributed by atoms with E-state index in [0.29, 0.717) is 23.9 Å². The van der Waals surface area contributed by atoms with E-state index in [2.05, 4.69) is 20.4 Å². The third-order valence-electron chi connectivity index (χ3n) is 5.00. The number of halogens is 2. The number of amides is 1. The molecule has 1 N–H and O–H groups in total. The first-order valence-electron chi connectivity index (χ1n) is 9.45. The molecule has 1 amide bonds. The average Bonchev–Trinajstić information content (AvgIpc) is 3.20. The van der Waals surface area contributed by atoms with Crippen LogP contribution in [-0.4, -0.2) is 34.0 Å². The van der Waals surface area contributed by atoms with Crippen molar-refractivity contribution in [3.05, 3.63) is 65.3 Å². The number of likely N-dealkylation sites (tertiary alicyclic amines) is 1. The number of nitrogens with one attached hydrogen (secondary N) is 1. The molecule has 1 aromatic heterocycles. The second-order valence-electron chi connectivity index (χ2n) is 7.05. The van der Waals surface area contributed by atoms with Crippen LogP contribution in [0.25, 0.3) is 11.4 Å². The summed E-state index contributed by atoms with van der Waals surface area (Å²) >= 11 is 5.77. The molecule has 0 radical (unpaired) electrons. The maximum atomic E-state index is 13.2. The highest BCUT2D eigenvalue weighted by Crippen LogP contribution is 2.24. The van der Waals surface area contributed by atoms with E-state index < -0.39 is 5.82 Å². The third kappa shape index (κ3) is 4.81. The van der Waals surface area contributed by atoms with Gasteiger partial charge in [-0.25, -0.2) is 4.39 Å². The number of hydrogen-bond donors (Lipinski definition) is 1. The largest absolute Gasteiger partial charge is 0.338 e. The van der Waals surface area contributed by atoms with Gasteiger partial charge >= 0.3 is 0 Å². The van der Waals surface area contributed by atoms with Gasteiger partial charge in [0.05, 0.1) is 11.6 Å². The van der Waals surface area contributed by atoms with Crippen LogP contribution in [0.15, 0.2) is 53.1 Å². The standard InChI is InChI=1S/C21H20ClFN4O2/c22-17-12-16(6-7-18(17)23)24-21(28)15-8-10-27(11-9-15)13-19-25-20(26-29-19)14-4-2-1-3-5-14/h1-7,12,15H,8-11,13H2,(H,24,28). The van der Waals surface area contributed by atoms with Crippen molar-refractivity contribution in [3.8, 4) is 11.4 Å². The summed E-state index contributed by atoms with van der Waals surface area (Å²) < 4.78 is 18.6. The first-order chi connectivity index (χ1) is 14.1. The van der Waals surface area contributed by atoms with Crippen molar-refractivity contribution in [2.24, 2.45) is 5.92 Å². The van der Waals surface area contributed by atoms with Crippen LogP contribution >= 0.6 is 11.6 Å². The summed E-state index contributed by atoms with van der Waals surface area (Å²) in [6.45, 7) is 2.07. The highest BCUT2D eigenvalue weighted by molar-refractivity contribution is 6.31. The number of piperidine rings is 1. The van der Waals surface area contributed by atoms with E-state index in [1.807, 2.05) is 30.3 Å². The lowest BCUT2D eigenvalue weighted by Crippen LogP contribution is -2.37. The van der Waals surface area contributed by atoms with Crippen LogP contribution in [0.1, 0.15) is 18.7 Å². The molecule has 4 rings (SSSR count). The number of nitrogens with zero attached hydrogens (tertiary/aromatic N) is 3. The molecular weight excluding hydrogens is 395 g/mol. The Morgan fingerprint density at radius 2 is 1.97 bits per heavy atom. The van der Waals surface area contributed by atoms with Gasteiger partial charge < -0.3 is 9.84 Å². The summed E-state index contributed by atoms with van der Waals surface area (Å²) in [4.78, 5) is 19.1. The van der Waals surface area contributed by atoms with Gasteiger partial charge in [-0.05, 0) is 44.1 Å². The molecule has 150 valence electrons. The highest BCUT2D eigenvalue weighted by Gasteiger charge is 2.26. The van der Waals surface area contributed by atoms with Gasteiger partial charge in [0.1, 0.15) is 5.82 Å². The molecule has 1 aliphatic heterocycles. The smallest absolute Gasteiger partial charge is 0.241 e. The first kappa shape index (κ1) is 19.5. The summed E-state index contributed by atoms with van der Waals surface area (Å²) in [5.74, 6) is 0.462. The lowest BCUT2D eigenvalue weighted by atomic mass is 9.96. The minimum atomic E-state index is -0.505. The van der Waals surface area contributed by atoms with Crippen LogP contribution < -0.4 is 5.32 Å². The third-order valence-corrected chi connectivity index (χ3v) is 5.29. The van der Waals surface area contributed by atoms with Gasteiger partial charge in [-0.3, -0.25) is 9.69 Å². The monoisotopic (exact) mass is 414 g/mol. The minimum absolute atomic E-state index is 0.00736. The van der Waals surface area contributed by atoms with Crippen LogP contribution in [0.5, 0.6) is 0 Å². The Morgan fingerprint density at radius 1 is 1.21 bits per heavy atom. The van der Waals surface area contributed by atoms with E-state index in [9.17, 15) is 9.18 Å². The van der Waals surface area contributed by atoms with Gasteiger partial charge in [0.25, 0.3) is 0 Å². The molecule has 0 atom stereocenters. The molecule has 3 aromatic rings. The average molecular weight is 415 g/mol. The molecule has 0 unspecified atom stereocenters. The maximum absolute atomic E-state index is 13.2. The Morgan fingerprint density at radius 3 is 2.69 bits per heavy atom. The lowest BCUT2D eigenvalue weighted by molar-refractivity contribution is -0.121. The number of anilines is 1. The fourth-order valence-corrected chi connectivity index (χ4v) is 3.57. The predicted molar refractivity (Wildman–Crippen MR) is 108 cm³/mol. The Kier molecular flexibility index (Phi) is 5.87. The van der Waals surface area contributed by atoms with Crippen LogP contribution in [0.2, 0.25) is 5.02 Å². The van der Waals surface area contributed by atoms with Crippen molar-refractivity contribution in [1.82, 2.24) is 15.0 Å². The number of carbonyl (C=O) groups excluding carboxylic acids is 1. The van der Waals surface area contributed by atoms with Gasteiger partial charge in [0.15, 0.2) is 0 Å².